The van der Waals surface area contributed by atoms with Gasteiger partial charge in [0.05, 0.1) is 6.04 Å². The molecule has 1 aliphatic rings. The highest BCUT2D eigenvalue weighted by molar-refractivity contribution is 6.65. The Hall–Kier alpha value is -2.44. The molecule has 0 radical (unpaired) electrons. The summed E-state index contributed by atoms with van der Waals surface area (Å²) in [5.74, 6) is -3.13. The van der Waals surface area contributed by atoms with Gasteiger partial charge in [0.25, 0.3) is 0 Å². The van der Waals surface area contributed by atoms with Crippen LogP contribution in [0.2, 0.25) is 0 Å². The number of amides is 3. The highest BCUT2D eigenvalue weighted by Crippen LogP contribution is 2.17. The smallest absolute Gasteiger partial charge is 0.330 e. The number of carboxylic acids is 1. The number of hydrogen-bond acceptors (Lipinski definition) is 8. The Labute approximate surface area is 210 Å². The van der Waals surface area contributed by atoms with Gasteiger partial charge in [-0.05, 0) is 44.1 Å². The Balaban J connectivity index is 2.99. The number of unbranched alkanes of at least 4 members (excludes halogenated alkanes) is 1. The van der Waals surface area contributed by atoms with Gasteiger partial charge in [0.2, 0.25) is 17.7 Å². The van der Waals surface area contributed by atoms with Gasteiger partial charge in [-0.15, -0.1) is 0 Å². The van der Waals surface area contributed by atoms with E-state index < -0.39 is 54.0 Å². The van der Waals surface area contributed by atoms with Crippen LogP contribution in [0.25, 0.3) is 0 Å². The molecule has 8 N–H and O–H groups in total. The van der Waals surface area contributed by atoms with Crippen LogP contribution in [0.3, 0.4) is 0 Å². The van der Waals surface area contributed by atoms with Crippen LogP contribution < -0.4 is 27.4 Å². The summed E-state index contributed by atoms with van der Waals surface area (Å²) in [6, 6.07) is -4.19. The fourth-order valence-corrected chi connectivity index (χ4v) is 3.61. The average molecular weight is 519 g/mol. The monoisotopic (exact) mass is 518 g/mol. The number of hydrogen-bond donors (Lipinski definition) is 6. The minimum atomic E-state index is -1.42. The van der Waals surface area contributed by atoms with Gasteiger partial charge in [0, 0.05) is 6.42 Å². The first kappa shape index (κ1) is 30.6. The first-order chi connectivity index (χ1) is 16.4. The lowest BCUT2D eigenvalue weighted by Gasteiger charge is -2.27. The van der Waals surface area contributed by atoms with Crippen molar-refractivity contribution in [3.63, 3.8) is 0 Å². The fraction of sp³-hybridized carbons (Fsp3) is 0.773. The third-order valence-electron chi connectivity index (χ3n) is 5.53. The van der Waals surface area contributed by atoms with Crippen molar-refractivity contribution in [2.45, 2.75) is 90.1 Å². The van der Waals surface area contributed by atoms with Crippen LogP contribution in [0, 0.1) is 11.8 Å². The average Bonchev–Trinajstić information content (AvgIpc) is 3.20. The summed E-state index contributed by atoms with van der Waals surface area (Å²) in [5.41, 5.74) is 11.5. The molecule has 0 aromatic carbocycles. The molecule has 13 heteroatoms. The highest BCUT2D eigenvalue weighted by Gasteiger charge is 2.37. The lowest BCUT2D eigenvalue weighted by atomic mass is 9.99. The standard InChI is InChI=1S/C22H39ClN6O6/c1-11(2)9-14(27-21(32)17(25)12(3)4)20(31)26-13(7-5-6-8-24)19(30)28-18(22(33)34)15-10-16(23)29-35-15/h11-15,17-18H,5-10,24-25H2,1-4H3,(H,26,31)(H,27,32)(H,28,30)(H,33,34). The number of carbonyl (C=O) groups excluding carboxylic acids is 3. The third-order valence-corrected chi connectivity index (χ3v) is 5.76. The molecule has 0 fully saturated rings. The van der Waals surface area contributed by atoms with E-state index in [9.17, 15) is 24.3 Å². The van der Waals surface area contributed by atoms with E-state index in [0.717, 1.165) is 0 Å². The molecule has 5 atom stereocenters. The van der Waals surface area contributed by atoms with Crippen molar-refractivity contribution in [3.8, 4) is 0 Å². The van der Waals surface area contributed by atoms with Crippen LogP contribution in [0.4, 0.5) is 0 Å². The first-order valence-electron chi connectivity index (χ1n) is 11.8. The van der Waals surface area contributed by atoms with Crippen molar-refractivity contribution >= 4 is 40.5 Å². The molecule has 0 spiro atoms. The summed E-state index contributed by atoms with van der Waals surface area (Å²) in [5, 5.41) is 20.9. The van der Waals surface area contributed by atoms with Gasteiger partial charge in [-0.2, -0.15) is 0 Å². The predicted octanol–water partition coefficient (Wildman–Crippen LogP) is 0.0250. The molecule has 12 nitrogen and oxygen atoms in total. The second-order valence-electron chi connectivity index (χ2n) is 9.45. The molecule has 0 saturated heterocycles. The van der Waals surface area contributed by atoms with Gasteiger partial charge in [-0.25, -0.2) is 4.79 Å². The molecule has 0 aliphatic carbocycles. The molecule has 1 aliphatic heterocycles. The van der Waals surface area contributed by atoms with Gasteiger partial charge < -0.3 is 37.4 Å². The topological polar surface area (TPSA) is 198 Å². The summed E-state index contributed by atoms with van der Waals surface area (Å²) < 4.78 is 0. The first-order valence-corrected chi connectivity index (χ1v) is 12.2. The number of nitrogens with two attached hydrogens (primary N) is 2. The third kappa shape index (κ3) is 10.4. The van der Waals surface area contributed by atoms with Crippen molar-refractivity contribution in [2.24, 2.45) is 28.5 Å². The second-order valence-corrected chi connectivity index (χ2v) is 9.88. The molecule has 5 unspecified atom stereocenters. The summed E-state index contributed by atoms with van der Waals surface area (Å²) in [6.45, 7) is 7.78. The van der Waals surface area contributed by atoms with E-state index in [2.05, 4.69) is 21.1 Å². The Morgan fingerprint density at radius 1 is 1.06 bits per heavy atom. The van der Waals surface area contributed by atoms with Gasteiger partial charge in [0.1, 0.15) is 17.3 Å². The fourth-order valence-electron chi connectivity index (χ4n) is 3.42. The number of halogens is 1. The van der Waals surface area contributed by atoms with E-state index in [1.54, 1.807) is 13.8 Å². The number of carbonyl (C=O) groups is 4. The minimum Gasteiger partial charge on any atom is -0.480 e. The largest absolute Gasteiger partial charge is 0.480 e. The number of rotatable bonds is 15. The van der Waals surface area contributed by atoms with Crippen LogP contribution in [0.15, 0.2) is 5.16 Å². The molecule has 0 bridgehead atoms. The van der Waals surface area contributed by atoms with Crippen LogP contribution >= 0.6 is 11.6 Å². The summed E-state index contributed by atoms with van der Waals surface area (Å²) in [7, 11) is 0. The summed E-state index contributed by atoms with van der Waals surface area (Å²) in [6.07, 6.45) is 0.713. The molecule has 0 saturated carbocycles. The van der Waals surface area contributed by atoms with E-state index in [1.165, 1.54) is 0 Å². The number of aliphatic carboxylic acids is 1. The van der Waals surface area contributed by atoms with Crippen molar-refractivity contribution in [2.75, 3.05) is 6.54 Å². The van der Waals surface area contributed by atoms with E-state index in [0.29, 0.717) is 25.8 Å². The molecule has 1 rings (SSSR count). The number of nitrogens with one attached hydrogen (secondary N) is 3. The quantitative estimate of drug-likeness (QED) is 0.163. The van der Waals surface area contributed by atoms with Crippen LogP contribution in [0.1, 0.15) is 59.8 Å². The zero-order chi connectivity index (χ0) is 26.7. The molecule has 0 aromatic heterocycles. The van der Waals surface area contributed by atoms with Crippen molar-refractivity contribution < 1.29 is 29.1 Å². The van der Waals surface area contributed by atoms with Gasteiger partial charge >= 0.3 is 5.97 Å². The molecule has 200 valence electrons. The lowest BCUT2D eigenvalue weighted by Crippen LogP contribution is -2.59. The molecule has 1 heterocycles. The summed E-state index contributed by atoms with van der Waals surface area (Å²) >= 11 is 5.77. The van der Waals surface area contributed by atoms with Crippen molar-refractivity contribution in [1.82, 2.24) is 16.0 Å². The lowest BCUT2D eigenvalue weighted by molar-refractivity contribution is -0.146. The Bertz CT molecular complexity index is 778. The summed E-state index contributed by atoms with van der Waals surface area (Å²) in [4.78, 5) is 55.4. The maximum atomic E-state index is 13.1. The number of carboxylic acid groups (broad SMARTS) is 1. The minimum absolute atomic E-state index is 0.0294. The van der Waals surface area contributed by atoms with E-state index in [4.69, 9.17) is 27.9 Å². The maximum absolute atomic E-state index is 13.1. The SMILES string of the molecule is CC(C)CC(NC(=O)C(N)C(C)C)C(=O)NC(CCCCN)C(=O)NC(C(=O)O)C1CC(Cl)=NO1. The maximum Gasteiger partial charge on any atom is 0.330 e. The Morgan fingerprint density at radius 2 is 1.66 bits per heavy atom. The molecular formula is C22H39ClN6O6. The van der Waals surface area contributed by atoms with Gasteiger partial charge in [-0.3, -0.25) is 14.4 Å². The van der Waals surface area contributed by atoms with E-state index in [1.807, 2.05) is 13.8 Å². The molecule has 35 heavy (non-hydrogen) atoms. The second kappa shape index (κ2) is 14.8. The van der Waals surface area contributed by atoms with Crippen molar-refractivity contribution in [3.05, 3.63) is 0 Å². The van der Waals surface area contributed by atoms with Crippen LogP contribution in [-0.4, -0.2) is 70.8 Å². The zero-order valence-corrected chi connectivity index (χ0v) is 21.5. The Kier molecular flexibility index (Phi) is 13.0. The Morgan fingerprint density at radius 3 is 2.14 bits per heavy atom. The van der Waals surface area contributed by atoms with Crippen molar-refractivity contribution in [1.29, 1.82) is 0 Å². The van der Waals surface area contributed by atoms with Crippen LogP contribution in [-0.2, 0) is 24.0 Å². The highest BCUT2D eigenvalue weighted by atomic mass is 35.5. The number of nitrogens with zero attached hydrogens (tertiary/aromatic N) is 1. The van der Waals surface area contributed by atoms with E-state index >= 15 is 0 Å². The van der Waals surface area contributed by atoms with Gasteiger partial charge in [-0.1, -0.05) is 44.5 Å². The van der Waals surface area contributed by atoms with Gasteiger partial charge in [0.15, 0.2) is 12.1 Å². The molecule has 0 aromatic rings. The van der Waals surface area contributed by atoms with E-state index in [-0.39, 0.29) is 29.8 Å². The number of oxime groups is 1. The predicted molar refractivity (Wildman–Crippen MR) is 131 cm³/mol. The normalized spacial score (nSPS) is 18.8. The molecular weight excluding hydrogens is 480 g/mol. The molecule has 3 amide bonds. The van der Waals surface area contributed by atoms with Crippen LogP contribution in [0.5, 0.6) is 0 Å². The zero-order valence-electron chi connectivity index (χ0n) is 20.8.